The quantitative estimate of drug-likeness (QED) is 0.392. The van der Waals surface area contributed by atoms with Gasteiger partial charge in [0.15, 0.2) is 0 Å². The number of benzene rings is 2. The highest BCUT2D eigenvalue weighted by Gasteiger charge is 2.27. The second-order valence-electron chi connectivity index (χ2n) is 8.49. The van der Waals surface area contributed by atoms with E-state index in [0.717, 1.165) is 36.4 Å². The van der Waals surface area contributed by atoms with Gasteiger partial charge in [0.05, 0.1) is 11.4 Å². The van der Waals surface area contributed by atoms with E-state index in [1.54, 1.807) is 20.9 Å². The Kier molecular flexibility index (Phi) is 8.05. The van der Waals surface area contributed by atoms with Crippen LogP contribution in [0.15, 0.2) is 70.6 Å². The van der Waals surface area contributed by atoms with E-state index in [0.29, 0.717) is 17.1 Å². The smallest absolute Gasteiger partial charge is 0.345 e. The summed E-state index contributed by atoms with van der Waals surface area (Å²) in [5.41, 5.74) is 1.86. The maximum atomic E-state index is 13.7. The van der Waals surface area contributed by atoms with Gasteiger partial charge in [-0.05, 0) is 55.3 Å². The first-order valence-electron chi connectivity index (χ1n) is 11.9. The Hall–Kier alpha value is -2.53. The van der Waals surface area contributed by atoms with Gasteiger partial charge in [0.25, 0.3) is 0 Å². The Morgan fingerprint density at radius 3 is 1.97 bits per heavy atom. The average Bonchev–Trinajstić information content (AvgIpc) is 2.82. The van der Waals surface area contributed by atoms with E-state index in [4.69, 9.17) is 0 Å². The van der Waals surface area contributed by atoms with Crippen LogP contribution in [0.25, 0.3) is 11.4 Å². The topological polar surface area (TPSA) is 48.9 Å². The predicted octanol–water partition coefficient (Wildman–Crippen LogP) is 5.35. The summed E-state index contributed by atoms with van der Waals surface area (Å²) >= 11 is 1.62. The molecule has 5 heteroatoms. The Balaban J connectivity index is 1.90. The maximum Gasteiger partial charge on any atom is 0.345 e. The molecular formula is C27H32N2O2S. The summed E-state index contributed by atoms with van der Waals surface area (Å²) in [6, 6.07) is 19.5. The van der Waals surface area contributed by atoms with E-state index in [1.165, 1.54) is 38.5 Å². The zero-order chi connectivity index (χ0) is 22.2. The van der Waals surface area contributed by atoms with Crippen molar-refractivity contribution in [1.82, 2.24) is 4.57 Å². The molecule has 32 heavy (non-hydrogen) atoms. The van der Waals surface area contributed by atoms with Crippen LogP contribution in [-0.2, 0) is 6.42 Å². The lowest BCUT2D eigenvalue weighted by Crippen LogP contribution is -2.46. The molecule has 168 valence electrons. The molecule has 4 nitrogen and oxygen atoms in total. The van der Waals surface area contributed by atoms with Crippen LogP contribution in [0.1, 0.15) is 63.4 Å². The largest absolute Gasteiger partial charge is 0.842 e. The highest BCUT2D eigenvalue weighted by molar-refractivity contribution is 7.99. The van der Waals surface area contributed by atoms with Crippen molar-refractivity contribution in [3.8, 4) is 17.3 Å². The predicted molar refractivity (Wildman–Crippen MR) is 129 cm³/mol. The van der Waals surface area contributed by atoms with Crippen molar-refractivity contribution in [1.29, 1.82) is 0 Å². The minimum absolute atomic E-state index is 0.164. The Labute approximate surface area is 194 Å². The fourth-order valence-electron chi connectivity index (χ4n) is 4.39. The van der Waals surface area contributed by atoms with Gasteiger partial charge in [0.2, 0.25) is 0 Å². The molecule has 5 rings (SSSR count). The third-order valence-corrected chi connectivity index (χ3v) is 7.25. The van der Waals surface area contributed by atoms with E-state index in [9.17, 15) is 9.90 Å². The molecule has 3 heterocycles. The van der Waals surface area contributed by atoms with Crippen molar-refractivity contribution in [3.63, 3.8) is 0 Å². The molecule has 2 bridgehead atoms. The summed E-state index contributed by atoms with van der Waals surface area (Å²) in [6.07, 6.45) is 11.0. The molecule has 2 aliphatic rings. The van der Waals surface area contributed by atoms with Gasteiger partial charge in [-0.2, -0.15) is 9.13 Å². The van der Waals surface area contributed by atoms with Crippen molar-refractivity contribution >= 4 is 11.8 Å². The van der Waals surface area contributed by atoms with E-state index < -0.39 is 0 Å². The van der Waals surface area contributed by atoms with Crippen molar-refractivity contribution in [2.24, 2.45) is 0 Å². The summed E-state index contributed by atoms with van der Waals surface area (Å²) in [6.45, 7) is 0. The van der Waals surface area contributed by atoms with Gasteiger partial charge >= 0.3 is 10.7 Å². The monoisotopic (exact) mass is 448 g/mol. The standard InChI is InChI=1S/C27H32N2O2S/c30-25-24-20-14-6-4-2-1-3-5-7-15-21-32-27(28(25)22-16-10-8-11-17-22)29(26(24)31)23-18-12-9-13-19-23/h8-13,16-19H,1-7,14-15,20-21H2. The molecule has 0 saturated heterocycles. The first-order valence-corrected chi connectivity index (χ1v) is 12.9. The third kappa shape index (κ3) is 5.26. The number of hydrogen-bond donors (Lipinski definition) is 0. The molecular weight excluding hydrogens is 416 g/mol. The van der Waals surface area contributed by atoms with Crippen LogP contribution in [0, 0.1) is 0 Å². The molecule has 0 fully saturated rings. The molecule has 1 aromatic heterocycles. The second-order valence-corrected chi connectivity index (χ2v) is 9.56. The lowest BCUT2D eigenvalue weighted by Gasteiger charge is -2.20. The number of para-hydroxylation sites is 2. The van der Waals surface area contributed by atoms with Crippen LogP contribution in [0.3, 0.4) is 0 Å². The van der Waals surface area contributed by atoms with E-state index in [1.807, 2.05) is 60.7 Å². The summed E-state index contributed by atoms with van der Waals surface area (Å²) in [7, 11) is 0. The zero-order valence-corrected chi connectivity index (χ0v) is 19.5. The van der Waals surface area contributed by atoms with Crippen LogP contribution in [0.5, 0.6) is 5.88 Å². The maximum absolute atomic E-state index is 13.7. The van der Waals surface area contributed by atoms with Gasteiger partial charge in [-0.15, -0.1) is 0 Å². The van der Waals surface area contributed by atoms with Gasteiger partial charge in [-0.3, -0.25) is 0 Å². The minimum atomic E-state index is -0.164. The van der Waals surface area contributed by atoms with E-state index in [2.05, 4.69) is 0 Å². The van der Waals surface area contributed by atoms with Crippen LogP contribution in [-0.4, -0.2) is 10.3 Å². The number of hydrogen-bond acceptors (Lipinski definition) is 3. The summed E-state index contributed by atoms with van der Waals surface area (Å²) in [5.74, 6) is 0.723. The molecule has 0 unspecified atom stereocenters. The van der Waals surface area contributed by atoms with Crippen molar-refractivity contribution in [3.05, 3.63) is 76.6 Å². The van der Waals surface area contributed by atoms with Crippen molar-refractivity contribution < 1.29 is 9.67 Å². The summed E-state index contributed by atoms with van der Waals surface area (Å²) in [4.78, 5) is 13.7. The summed E-state index contributed by atoms with van der Waals surface area (Å²) < 4.78 is 3.53. The van der Waals surface area contributed by atoms with Gasteiger partial charge in [0, 0.05) is 5.75 Å². The number of aromatic nitrogens is 2. The highest BCUT2D eigenvalue weighted by atomic mass is 32.2. The van der Waals surface area contributed by atoms with Gasteiger partial charge in [0.1, 0.15) is 11.4 Å². The molecule has 3 aromatic rings. The lowest BCUT2D eigenvalue weighted by atomic mass is 10.0. The SMILES string of the molecule is O=c1c2c([O-])[n+](-c3ccccc3)c(n1-c1ccccc1)SCCCCCCCCCCC2. The molecule has 0 aliphatic carbocycles. The molecule has 2 aromatic carbocycles. The van der Waals surface area contributed by atoms with E-state index in [-0.39, 0.29) is 11.4 Å². The first kappa shape index (κ1) is 22.7. The molecule has 0 radical (unpaired) electrons. The lowest BCUT2D eigenvalue weighted by molar-refractivity contribution is -0.690. The highest BCUT2D eigenvalue weighted by Crippen LogP contribution is 2.25. The first-order chi connectivity index (χ1) is 15.8. The van der Waals surface area contributed by atoms with Gasteiger partial charge < -0.3 is 5.11 Å². The molecule has 0 spiro atoms. The molecule has 0 saturated carbocycles. The number of thioether (sulfide) groups is 1. The van der Waals surface area contributed by atoms with Crippen LogP contribution < -0.4 is 15.2 Å². The number of nitrogens with zero attached hydrogens (tertiary/aromatic N) is 2. The van der Waals surface area contributed by atoms with Crippen LogP contribution in [0.2, 0.25) is 0 Å². The molecule has 0 N–H and O–H groups in total. The Bertz CT molecular complexity index is 1060. The van der Waals surface area contributed by atoms with Crippen molar-refractivity contribution in [2.75, 3.05) is 5.75 Å². The van der Waals surface area contributed by atoms with Crippen LogP contribution in [0.4, 0.5) is 0 Å². The Morgan fingerprint density at radius 1 is 0.750 bits per heavy atom. The Morgan fingerprint density at radius 2 is 1.31 bits per heavy atom. The van der Waals surface area contributed by atoms with Gasteiger partial charge in [-0.1, -0.05) is 81.3 Å². The van der Waals surface area contributed by atoms with Crippen molar-refractivity contribution in [2.45, 2.75) is 69.4 Å². The van der Waals surface area contributed by atoms with Crippen LogP contribution >= 0.6 is 11.8 Å². The molecule has 2 aliphatic heterocycles. The molecule has 0 amide bonds. The zero-order valence-electron chi connectivity index (χ0n) is 18.7. The van der Waals surface area contributed by atoms with E-state index >= 15 is 0 Å². The van der Waals surface area contributed by atoms with Gasteiger partial charge in [-0.25, -0.2) is 4.79 Å². The normalized spacial score (nSPS) is 16.1. The average molecular weight is 449 g/mol. The minimum Gasteiger partial charge on any atom is -0.842 e. The number of rotatable bonds is 2. The summed E-state index contributed by atoms with van der Waals surface area (Å²) in [5, 5.41) is 14.4. The third-order valence-electron chi connectivity index (χ3n) is 6.14. The number of fused-ring (bicyclic) bond motifs is 13. The molecule has 0 atom stereocenters. The second kappa shape index (κ2) is 11.4. The fraction of sp³-hybridized carbons (Fsp3) is 0.407. The fourth-order valence-corrected chi connectivity index (χ4v) is 5.56.